The summed E-state index contributed by atoms with van der Waals surface area (Å²) in [5, 5.41) is 0. The van der Waals surface area contributed by atoms with Crippen molar-refractivity contribution in [1.82, 2.24) is 15.8 Å². The molecule has 1 aliphatic heterocycles. The molecule has 0 aromatic heterocycles. The lowest BCUT2D eigenvalue weighted by Gasteiger charge is -2.31. The highest BCUT2D eigenvalue weighted by atomic mass is 16.5. The van der Waals surface area contributed by atoms with Crippen molar-refractivity contribution in [3.05, 3.63) is 23.8 Å². The van der Waals surface area contributed by atoms with Crippen molar-refractivity contribution < 1.29 is 23.9 Å². The van der Waals surface area contributed by atoms with Crippen LogP contribution in [0.25, 0.3) is 0 Å². The van der Waals surface area contributed by atoms with Gasteiger partial charge in [-0.05, 0) is 38.0 Å². The van der Waals surface area contributed by atoms with E-state index >= 15 is 0 Å². The Hall–Kier alpha value is -2.77. The Morgan fingerprint density at radius 1 is 1.23 bits per heavy atom. The molecular formula is C18H25N3O5. The third-order valence-corrected chi connectivity index (χ3v) is 4.26. The molecule has 3 amide bonds. The molecule has 26 heavy (non-hydrogen) atoms. The number of nitrogens with zero attached hydrogens (tertiary/aromatic N) is 1. The van der Waals surface area contributed by atoms with E-state index in [9.17, 15) is 14.4 Å². The number of carbonyl (C=O) groups is 3. The van der Waals surface area contributed by atoms with E-state index < -0.39 is 5.91 Å². The molecule has 0 saturated carbocycles. The highest BCUT2D eigenvalue weighted by molar-refractivity contribution is 5.96. The van der Waals surface area contributed by atoms with Crippen LogP contribution >= 0.6 is 0 Å². The zero-order valence-electron chi connectivity index (χ0n) is 15.3. The van der Waals surface area contributed by atoms with Gasteiger partial charge in [-0.1, -0.05) is 0 Å². The fraction of sp³-hybridized carbons (Fsp3) is 0.500. The van der Waals surface area contributed by atoms with Crippen LogP contribution in [0.3, 0.4) is 0 Å². The third-order valence-electron chi connectivity index (χ3n) is 4.26. The topological polar surface area (TPSA) is 97.0 Å². The zero-order chi connectivity index (χ0) is 19.1. The number of nitrogens with one attached hydrogen (secondary N) is 2. The number of hydrazine groups is 1. The molecular weight excluding hydrogens is 338 g/mol. The molecule has 0 bridgehead atoms. The molecule has 2 N–H and O–H groups in total. The summed E-state index contributed by atoms with van der Waals surface area (Å²) < 4.78 is 10.6. The van der Waals surface area contributed by atoms with E-state index in [1.807, 2.05) is 6.92 Å². The van der Waals surface area contributed by atoms with Gasteiger partial charge >= 0.3 is 0 Å². The standard InChI is InChI=1S/C18H25N3O5/c1-4-26-15-8-7-13(10-16(15)25-3)17(23)19-20-18(24)14-6-5-9-21(11-14)12(2)22/h7-8,10,14H,4-6,9,11H2,1-3H3,(H,19,23)(H,20,24)/t14-/m1/s1. The fourth-order valence-corrected chi connectivity index (χ4v) is 2.85. The van der Waals surface area contributed by atoms with Gasteiger partial charge in [-0.15, -0.1) is 0 Å². The first kappa shape index (κ1) is 19.6. The fourth-order valence-electron chi connectivity index (χ4n) is 2.85. The summed E-state index contributed by atoms with van der Waals surface area (Å²) in [7, 11) is 1.49. The minimum Gasteiger partial charge on any atom is -0.493 e. The minimum absolute atomic E-state index is 0.0481. The second-order valence-corrected chi connectivity index (χ2v) is 6.05. The van der Waals surface area contributed by atoms with Gasteiger partial charge in [0.25, 0.3) is 5.91 Å². The van der Waals surface area contributed by atoms with Crippen molar-refractivity contribution in [3.63, 3.8) is 0 Å². The second kappa shape index (κ2) is 9.07. The lowest BCUT2D eigenvalue weighted by atomic mass is 9.97. The van der Waals surface area contributed by atoms with Crippen LogP contribution in [-0.2, 0) is 9.59 Å². The Morgan fingerprint density at radius 3 is 2.65 bits per heavy atom. The quantitative estimate of drug-likeness (QED) is 0.764. The van der Waals surface area contributed by atoms with E-state index in [-0.39, 0.29) is 17.7 Å². The third kappa shape index (κ3) is 4.87. The van der Waals surface area contributed by atoms with E-state index in [2.05, 4.69) is 10.9 Å². The molecule has 1 aromatic carbocycles. The maximum atomic E-state index is 12.3. The Morgan fingerprint density at radius 2 is 2.00 bits per heavy atom. The van der Waals surface area contributed by atoms with Gasteiger partial charge in [-0.2, -0.15) is 0 Å². The van der Waals surface area contributed by atoms with Crippen LogP contribution < -0.4 is 20.3 Å². The highest BCUT2D eigenvalue weighted by Crippen LogP contribution is 2.27. The number of piperidine rings is 1. The van der Waals surface area contributed by atoms with Gasteiger partial charge in [0.1, 0.15) is 0 Å². The number of methoxy groups -OCH3 is 1. The Kier molecular flexibility index (Phi) is 6.82. The average molecular weight is 363 g/mol. The smallest absolute Gasteiger partial charge is 0.269 e. The predicted molar refractivity (Wildman–Crippen MR) is 94.7 cm³/mol. The van der Waals surface area contributed by atoms with Crippen molar-refractivity contribution in [2.24, 2.45) is 5.92 Å². The number of amides is 3. The molecule has 1 aromatic rings. The maximum absolute atomic E-state index is 12.3. The summed E-state index contributed by atoms with van der Waals surface area (Å²) in [4.78, 5) is 37.6. The Balaban J connectivity index is 1.93. The normalized spacial score (nSPS) is 16.6. The molecule has 0 aliphatic carbocycles. The van der Waals surface area contributed by atoms with Crippen molar-refractivity contribution in [1.29, 1.82) is 0 Å². The molecule has 1 heterocycles. The maximum Gasteiger partial charge on any atom is 0.269 e. The van der Waals surface area contributed by atoms with Crippen LogP contribution in [0.1, 0.15) is 37.0 Å². The first-order chi connectivity index (χ1) is 12.5. The molecule has 1 fully saturated rings. The van der Waals surface area contributed by atoms with E-state index in [1.54, 1.807) is 23.1 Å². The van der Waals surface area contributed by atoms with E-state index in [1.165, 1.54) is 14.0 Å². The lowest BCUT2D eigenvalue weighted by molar-refractivity contribution is -0.134. The monoisotopic (exact) mass is 363 g/mol. The number of benzene rings is 1. The number of likely N-dealkylation sites (tertiary alicyclic amines) is 1. The van der Waals surface area contributed by atoms with Gasteiger partial charge in [0.2, 0.25) is 11.8 Å². The molecule has 0 unspecified atom stereocenters. The van der Waals surface area contributed by atoms with E-state index in [0.717, 1.165) is 6.42 Å². The summed E-state index contributed by atoms with van der Waals surface area (Å²) in [6.45, 7) is 4.86. The first-order valence-corrected chi connectivity index (χ1v) is 8.62. The largest absolute Gasteiger partial charge is 0.493 e. The highest BCUT2D eigenvalue weighted by Gasteiger charge is 2.27. The first-order valence-electron chi connectivity index (χ1n) is 8.62. The van der Waals surface area contributed by atoms with Crippen LogP contribution in [-0.4, -0.2) is 49.4 Å². The summed E-state index contributed by atoms with van der Waals surface area (Å²) in [6.07, 6.45) is 1.45. The van der Waals surface area contributed by atoms with Crippen LogP contribution in [0.2, 0.25) is 0 Å². The average Bonchev–Trinajstić information content (AvgIpc) is 2.66. The molecule has 1 atom stereocenters. The number of ether oxygens (including phenoxy) is 2. The van der Waals surface area contributed by atoms with Crippen LogP contribution in [0.5, 0.6) is 11.5 Å². The Labute approximate surface area is 152 Å². The molecule has 0 spiro atoms. The second-order valence-electron chi connectivity index (χ2n) is 6.05. The number of carbonyl (C=O) groups excluding carboxylic acids is 3. The SMILES string of the molecule is CCOc1ccc(C(=O)NNC(=O)[C@@H]2CCCN(C(C)=O)C2)cc1OC. The van der Waals surface area contributed by atoms with Gasteiger partial charge in [0, 0.05) is 25.6 Å². The Bertz CT molecular complexity index is 677. The van der Waals surface area contributed by atoms with Gasteiger partial charge in [0.05, 0.1) is 19.6 Å². The molecule has 1 aliphatic rings. The molecule has 1 saturated heterocycles. The van der Waals surface area contributed by atoms with Crippen molar-refractivity contribution in [3.8, 4) is 11.5 Å². The molecule has 8 heteroatoms. The molecule has 0 radical (unpaired) electrons. The van der Waals surface area contributed by atoms with Crippen molar-refractivity contribution in [2.75, 3.05) is 26.8 Å². The van der Waals surface area contributed by atoms with Crippen molar-refractivity contribution in [2.45, 2.75) is 26.7 Å². The van der Waals surface area contributed by atoms with Crippen LogP contribution in [0, 0.1) is 5.92 Å². The van der Waals surface area contributed by atoms with Gasteiger partial charge in [-0.3, -0.25) is 25.2 Å². The summed E-state index contributed by atoms with van der Waals surface area (Å²) in [6, 6.07) is 4.78. The lowest BCUT2D eigenvalue weighted by Crippen LogP contribution is -2.49. The molecule has 8 nitrogen and oxygen atoms in total. The van der Waals surface area contributed by atoms with Crippen molar-refractivity contribution >= 4 is 17.7 Å². The van der Waals surface area contributed by atoms with Crippen LogP contribution in [0.15, 0.2) is 18.2 Å². The summed E-state index contributed by atoms with van der Waals surface area (Å²) >= 11 is 0. The number of rotatable bonds is 5. The predicted octanol–water partition coefficient (Wildman–Crippen LogP) is 1.11. The number of hydrogen-bond acceptors (Lipinski definition) is 5. The van der Waals surface area contributed by atoms with Gasteiger partial charge in [-0.25, -0.2) is 0 Å². The van der Waals surface area contributed by atoms with E-state index in [0.29, 0.717) is 43.2 Å². The minimum atomic E-state index is -0.459. The number of hydrogen-bond donors (Lipinski definition) is 2. The van der Waals surface area contributed by atoms with E-state index in [4.69, 9.17) is 9.47 Å². The van der Waals surface area contributed by atoms with Crippen LogP contribution in [0.4, 0.5) is 0 Å². The van der Waals surface area contributed by atoms with Gasteiger partial charge in [0.15, 0.2) is 11.5 Å². The molecule has 142 valence electrons. The zero-order valence-corrected chi connectivity index (χ0v) is 15.3. The molecule has 2 rings (SSSR count). The van der Waals surface area contributed by atoms with Gasteiger partial charge < -0.3 is 14.4 Å². The summed E-state index contributed by atoms with van der Waals surface area (Å²) in [5.74, 6) is -0.158. The summed E-state index contributed by atoms with van der Waals surface area (Å²) in [5.41, 5.74) is 5.18.